The summed E-state index contributed by atoms with van der Waals surface area (Å²) in [6, 6.07) is 5.74. The summed E-state index contributed by atoms with van der Waals surface area (Å²) in [5.74, 6) is 1.96. The van der Waals surface area contributed by atoms with Gasteiger partial charge in [0, 0.05) is 12.1 Å². The van der Waals surface area contributed by atoms with Crippen molar-refractivity contribution in [3.8, 4) is 11.5 Å². The first-order valence-corrected chi connectivity index (χ1v) is 8.16. The van der Waals surface area contributed by atoms with E-state index < -0.39 is 0 Å². The molecule has 1 N–H and O–H groups in total. The van der Waals surface area contributed by atoms with Crippen LogP contribution >= 0.6 is 0 Å². The highest BCUT2D eigenvalue weighted by Crippen LogP contribution is 2.27. The zero-order valence-corrected chi connectivity index (χ0v) is 14.9. The topological polar surface area (TPSA) is 47.6 Å². The van der Waals surface area contributed by atoms with Crippen LogP contribution in [-0.4, -0.2) is 26.2 Å². The number of carbonyl (C=O) groups excluding carboxylic acids is 1. The molecule has 0 aliphatic carbocycles. The van der Waals surface area contributed by atoms with E-state index in [0.717, 1.165) is 18.4 Å². The summed E-state index contributed by atoms with van der Waals surface area (Å²) < 4.78 is 10.4. The molecular weight excluding hydrogens is 290 g/mol. The van der Waals surface area contributed by atoms with Crippen molar-refractivity contribution in [2.45, 2.75) is 46.1 Å². The Morgan fingerprint density at radius 1 is 1.13 bits per heavy atom. The van der Waals surface area contributed by atoms with Gasteiger partial charge in [0.2, 0.25) is 5.91 Å². The van der Waals surface area contributed by atoms with E-state index in [-0.39, 0.29) is 11.9 Å². The predicted octanol–water partition coefficient (Wildman–Crippen LogP) is 4.05. The molecule has 128 valence electrons. The van der Waals surface area contributed by atoms with Gasteiger partial charge in [0.15, 0.2) is 11.5 Å². The highest BCUT2D eigenvalue weighted by molar-refractivity contribution is 5.91. The van der Waals surface area contributed by atoms with Crippen molar-refractivity contribution in [3.63, 3.8) is 0 Å². The summed E-state index contributed by atoms with van der Waals surface area (Å²) in [4.78, 5) is 11.9. The number of nitrogens with one attached hydrogen (secondary N) is 1. The van der Waals surface area contributed by atoms with Crippen LogP contribution in [0.1, 0.15) is 45.6 Å². The summed E-state index contributed by atoms with van der Waals surface area (Å²) in [5, 5.41) is 2.99. The van der Waals surface area contributed by atoms with Crippen molar-refractivity contribution >= 4 is 12.0 Å². The third-order valence-electron chi connectivity index (χ3n) is 3.64. The molecule has 1 rings (SSSR count). The number of amides is 1. The van der Waals surface area contributed by atoms with Crippen LogP contribution < -0.4 is 14.8 Å². The molecule has 0 aliphatic heterocycles. The van der Waals surface area contributed by atoms with Crippen LogP contribution in [-0.2, 0) is 4.79 Å². The van der Waals surface area contributed by atoms with Gasteiger partial charge in [-0.25, -0.2) is 0 Å². The molecule has 0 saturated carbocycles. The largest absolute Gasteiger partial charge is 0.493 e. The van der Waals surface area contributed by atoms with Gasteiger partial charge in [-0.1, -0.05) is 32.8 Å². The van der Waals surface area contributed by atoms with Crippen molar-refractivity contribution in [1.82, 2.24) is 5.32 Å². The SMILES string of the molecule is COc1ccc(/C=C/C(=O)NC(C)CCCC(C)C)cc1OC. The third kappa shape index (κ3) is 7.22. The molecule has 1 atom stereocenters. The van der Waals surface area contributed by atoms with Crippen LogP contribution in [0.4, 0.5) is 0 Å². The van der Waals surface area contributed by atoms with Gasteiger partial charge in [0.1, 0.15) is 0 Å². The molecule has 1 aromatic carbocycles. The monoisotopic (exact) mass is 319 g/mol. The minimum absolute atomic E-state index is 0.0724. The van der Waals surface area contributed by atoms with Crippen LogP contribution in [0.3, 0.4) is 0 Å². The summed E-state index contributed by atoms with van der Waals surface area (Å²) in [6.45, 7) is 6.48. The Morgan fingerprint density at radius 3 is 2.43 bits per heavy atom. The maximum Gasteiger partial charge on any atom is 0.244 e. The Bertz CT molecular complexity index is 523. The first-order valence-electron chi connectivity index (χ1n) is 8.16. The molecule has 0 bridgehead atoms. The Hall–Kier alpha value is -1.97. The standard InChI is InChI=1S/C19H29NO3/c1-14(2)7-6-8-15(3)20-19(21)12-10-16-9-11-17(22-4)18(13-16)23-5/h9-15H,6-8H2,1-5H3,(H,20,21)/b12-10+. The van der Waals surface area contributed by atoms with Crippen LogP contribution in [0, 0.1) is 5.92 Å². The summed E-state index contributed by atoms with van der Waals surface area (Å²) >= 11 is 0. The normalized spacial score (nSPS) is 12.4. The van der Waals surface area contributed by atoms with E-state index in [0.29, 0.717) is 17.4 Å². The van der Waals surface area contributed by atoms with E-state index in [4.69, 9.17) is 9.47 Å². The fourth-order valence-corrected chi connectivity index (χ4v) is 2.32. The zero-order valence-electron chi connectivity index (χ0n) is 14.9. The Morgan fingerprint density at radius 2 is 1.83 bits per heavy atom. The first-order chi connectivity index (χ1) is 11.0. The van der Waals surface area contributed by atoms with Gasteiger partial charge in [-0.05, 0) is 43.0 Å². The van der Waals surface area contributed by atoms with E-state index in [1.165, 1.54) is 6.42 Å². The lowest BCUT2D eigenvalue weighted by molar-refractivity contribution is -0.117. The Balaban J connectivity index is 2.51. The maximum absolute atomic E-state index is 11.9. The van der Waals surface area contributed by atoms with Gasteiger partial charge in [-0.2, -0.15) is 0 Å². The van der Waals surface area contributed by atoms with Gasteiger partial charge in [0.05, 0.1) is 14.2 Å². The van der Waals surface area contributed by atoms with E-state index in [1.54, 1.807) is 26.4 Å². The molecule has 0 fully saturated rings. The number of methoxy groups -OCH3 is 2. The second-order valence-electron chi connectivity index (χ2n) is 6.18. The lowest BCUT2D eigenvalue weighted by Gasteiger charge is -2.13. The van der Waals surface area contributed by atoms with Crippen molar-refractivity contribution in [2.24, 2.45) is 5.92 Å². The van der Waals surface area contributed by atoms with Crippen LogP contribution in [0.2, 0.25) is 0 Å². The number of hydrogen-bond donors (Lipinski definition) is 1. The van der Waals surface area contributed by atoms with Crippen LogP contribution in [0.15, 0.2) is 24.3 Å². The lowest BCUT2D eigenvalue weighted by atomic mass is 10.0. The molecular formula is C19H29NO3. The number of ether oxygens (including phenoxy) is 2. The summed E-state index contributed by atoms with van der Waals surface area (Å²) in [5.41, 5.74) is 0.894. The molecule has 0 saturated heterocycles. The minimum Gasteiger partial charge on any atom is -0.493 e. The second kappa shape index (κ2) is 9.93. The summed E-state index contributed by atoms with van der Waals surface area (Å²) in [6.07, 6.45) is 6.67. The first kappa shape index (κ1) is 19.1. The quantitative estimate of drug-likeness (QED) is 0.699. The van der Waals surface area contributed by atoms with Crippen LogP contribution in [0.5, 0.6) is 11.5 Å². The fourth-order valence-electron chi connectivity index (χ4n) is 2.32. The molecule has 0 aromatic heterocycles. The predicted molar refractivity (Wildman–Crippen MR) is 94.9 cm³/mol. The Kier molecular flexibility index (Phi) is 8.23. The van der Waals surface area contributed by atoms with Crippen molar-refractivity contribution in [2.75, 3.05) is 14.2 Å². The molecule has 0 radical (unpaired) electrons. The number of rotatable bonds is 9. The number of benzene rings is 1. The fraction of sp³-hybridized carbons (Fsp3) is 0.526. The van der Waals surface area contributed by atoms with Crippen molar-refractivity contribution in [3.05, 3.63) is 29.8 Å². The molecule has 4 heteroatoms. The molecule has 0 heterocycles. The smallest absolute Gasteiger partial charge is 0.244 e. The van der Waals surface area contributed by atoms with Gasteiger partial charge < -0.3 is 14.8 Å². The average molecular weight is 319 g/mol. The van der Waals surface area contributed by atoms with Crippen LogP contribution in [0.25, 0.3) is 6.08 Å². The third-order valence-corrected chi connectivity index (χ3v) is 3.64. The average Bonchev–Trinajstić information content (AvgIpc) is 2.52. The van der Waals surface area contributed by atoms with Gasteiger partial charge >= 0.3 is 0 Å². The molecule has 4 nitrogen and oxygen atoms in total. The number of hydrogen-bond acceptors (Lipinski definition) is 3. The van der Waals surface area contributed by atoms with Gasteiger partial charge in [0.25, 0.3) is 0 Å². The lowest BCUT2D eigenvalue weighted by Crippen LogP contribution is -2.31. The molecule has 0 spiro atoms. The van der Waals surface area contributed by atoms with E-state index in [1.807, 2.05) is 25.1 Å². The molecule has 0 aliphatic rings. The van der Waals surface area contributed by atoms with Gasteiger partial charge in [-0.15, -0.1) is 0 Å². The number of carbonyl (C=O) groups is 1. The Labute approximate surface area is 139 Å². The maximum atomic E-state index is 11.9. The highest BCUT2D eigenvalue weighted by Gasteiger charge is 2.06. The minimum atomic E-state index is -0.0724. The van der Waals surface area contributed by atoms with E-state index in [2.05, 4.69) is 19.2 Å². The molecule has 1 aromatic rings. The van der Waals surface area contributed by atoms with E-state index in [9.17, 15) is 4.79 Å². The van der Waals surface area contributed by atoms with Crippen molar-refractivity contribution in [1.29, 1.82) is 0 Å². The van der Waals surface area contributed by atoms with Gasteiger partial charge in [-0.3, -0.25) is 4.79 Å². The zero-order chi connectivity index (χ0) is 17.2. The molecule has 23 heavy (non-hydrogen) atoms. The highest BCUT2D eigenvalue weighted by atomic mass is 16.5. The molecule has 1 unspecified atom stereocenters. The van der Waals surface area contributed by atoms with Crippen molar-refractivity contribution < 1.29 is 14.3 Å². The summed E-state index contributed by atoms with van der Waals surface area (Å²) in [7, 11) is 3.19. The second-order valence-corrected chi connectivity index (χ2v) is 6.18. The molecule has 1 amide bonds. The van der Waals surface area contributed by atoms with E-state index >= 15 is 0 Å².